The SMILES string of the molecule is CC[C@@H](NC(=O)c1ccc(CN(c2cc(C)cc(C)c2)S(C)(=O)=O)cc1)c1ccc2c(c1)CCCC2. The maximum Gasteiger partial charge on any atom is 0.251 e. The second-order valence-electron chi connectivity index (χ2n) is 9.98. The van der Waals surface area contributed by atoms with Gasteiger partial charge in [-0.15, -0.1) is 0 Å². The molecule has 1 amide bonds. The third-order valence-electron chi connectivity index (χ3n) is 6.93. The van der Waals surface area contributed by atoms with Crippen molar-refractivity contribution >= 4 is 21.6 Å². The van der Waals surface area contributed by atoms with Crippen molar-refractivity contribution < 1.29 is 13.2 Å². The average Bonchev–Trinajstić information content (AvgIpc) is 2.84. The van der Waals surface area contributed by atoms with Crippen molar-refractivity contribution in [1.29, 1.82) is 0 Å². The molecule has 0 aromatic heterocycles. The number of sulfonamides is 1. The normalized spacial score (nSPS) is 14.1. The third-order valence-corrected chi connectivity index (χ3v) is 8.07. The molecule has 0 bridgehead atoms. The molecule has 0 heterocycles. The predicted octanol–water partition coefficient (Wildman–Crippen LogP) is 6.03. The van der Waals surface area contributed by atoms with Crippen molar-refractivity contribution in [3.05, 3.63) is 99.6 Å². The summed E-state index contributed by atoms with van der Waals surface area (Å²) in [5, 5.41) is 3.18. The Balaban J connectivity index is 1.48. The molecular formula is C30H36N2O3S. The lowest BCUT2D eigenvalue weighted by molar-refractivity contribution is 0.0935. The number of nitrogens with zero attached hydrogens (tertiary/aromatic N) is 1. The van der Waals surface area contributed by atoms with Crippen molar-refractivity contribution in [1.82, 2.24) is 5.32 Å². The fourth-order valence-corrected chi connectivity index (χ4v) is 5.93. The number of benzene rings is 3. The summed E-state index contributed by atoms with van der Waals surface area (Å²) in [6.07, 6.45) is 6.77. The molecule has 190 valence electrons. The monoisotopic (exact) mass is 504 g/mol. The number of carbonyl (C=O) groups excluding carboxylic acids is 1. The number of anilines is 1. The number of carbonyl (C=O) groups is 1. The molecule has 1 aliphatic carbocycles. The number of nitrogens with one attached hydrogen (secondary N) is 1. The molecule has 1 N–H and O–H groups in total. The molecule has 3 aromatic rings. The smallest absolute Gasteiger partial charge is 0.251 e. The van der Waals surface area contributed by atoms with Crippen molar-refractivity contribution in [2.24, 2.45) is 0 Å². The highest BCUT2D eigenvalue weighted by Crippen LogP contribution is 2.27. The molecule has 36 heavy (non-hydrogen) atoms. The van der Waals surface area contributed by atoms with Crippen LogP contribution in [0.5, 0.6) is 0 Å². The van der Waals surface area contributed by atoms with Crippen LogP contribution in [-0.4, -0.2) is 20.6 Å². The van der Waals surface area contributed by atoms with Gasteiger partial charge in [0.1, 0.15) is 0 Å². The number of fused-ring (bicyclic) bond motifs is 1. The molecule has 6 heteroatoms. The minimum Gasteiger partial charge on any atom is -0.345 e. The molecule has 3 aromatic carbocycles. The van der Waals surface area contributed by atoms with Crippen molar-refractivity contribution in [2.75, 3.05) is 10.6 Å². The predicted molar refractivity (Wildman–Crippen MR) is 147 cm³/mol. The summed E-state index contributed by atoms with van der Waals surface area (Å²) >= 11 is 0. The summed E-state index contributed by atoms with van der Waals surface area (Å²) in [6, 6.07) is 19.6. The Morgan fingerprint density at radius 3 is 2.17 bits per heavy atom. The van der Waals surface area contributed by atoms with Gasteiger partial charge in [-0.3, -0.25) is 9.10 Å². The van der Waals surface area contributed by atoms with Crippen LogP contribution in [-0.2, 0) is 29.4 Å². The number of amides is 1. The van der Waals surface area contributed by atoms with Gasteiger partial charge in [-0.1, -0.05) is 43.3 Å². The van der Waals surface area contributed by atoms with Crippen molar-refractivity contribution in [3.63, 3.8) is 0 Å². The van der Waals surface area contributed by atoms with Crippen LogP contribution in [0.3, 0.4) is 0 Å². The third kappa shape index (κ3) is 6.16. The molecule has 0 saturated carbocycles. The van der Waals surface area contributed by atoms with E-state index >= 15 is 0 Å². The van der Waals surface area contributed by atoms with Crippen LogP contribution in [0.1, 0.15) is 76.0 Å². The Kier molecular flexibility index (Phi) is 7.84. The standard InChI is InChI=1S/C30H36N2O3S/c1-5-29(27-15-14-24-8-6-7-9-26(24)19-27)31-30(33)25-12-10-23(11-13-25)20-32(36(4,34)35)28-17-21(2)16-22(3)18-28/h10-19,29H,5-9,20H2,1-4H3,(H,31,33)/t29-/m1/s1. The Labute approximate surface area is 215 Å². The van der Waals surface area contributed by atoms with Gasteiger partial charge in [0.2, 0.25) is 10.0 Å². The lowest BCUT2D eigenvalue weighted by Gasteiger charge is -2.24. The number of hydrogen-bond acceptors (Lipinski definition) is 3. The van der Waals surface area contributed by atoms with Crippen molar-refractivity contribution in [2.45, 2.75) is 65.5 Å². The highest BCUT2D eigenvalue weighted by molar-refractivity contribution is 7.92. The summed E-state index contributed by atoms with van der Waals surface area (Å²) in [4.78, 5) is 13.0. The van der Waals surface area contributed by atoms with Gasteiger partial charge in [-0.05, 0) is 104 Å². The van der Waals surface area contributed by atoms with E-state index in [2.05, 4.69) is 30.4 Å². The summed E-state index contributed by atoms with van der Waals surface area (Å²) in [7, 11) is -3.48. The molecule has 0 fully saturated rings. The fourth-order valence-electron chi connectivity index (χ4n) is 5.05. The average molecular weight is 505 g/mol. The summed E-state index contributed by atoms with van der Waals surface area (Å²) in [5.41, 5.74) is 8.05. The van der Waals surface area contributed by atoms with Crippen LogP contribution in [0.4, 0.5) is 5.69 Å². The molecule has 0 spiro atoms. The minimum atomic E-state index is -3.48. The van der Waals surface area contributed by atoms with Gasteiger partial charge in [-0.25, -0.2) is 8.42 Å². The van der Waals surface area contributed by atoms with Gasteiger partial charge < -0.3 is 5.32 Å². The molecule has 0 radical (unpaired) electrons. The van der Waals surface area contributed by atoms with E-state index in [1.165, 1.54) is 34.5 Å². The molecular weight excluding hydrogens is 468 g/mol. The molecule has 4 rings (SSSR count). The largest absolute Gasteiger partial charge is 0.345 e. The fraction of sp³-hybridized carbons (Fsp3) is 0.367. The highest BCUT2D eigenvalue weighted by Gasteiger charge is 2.20. The molecule has 1 atom stereocenters. The molecule has 0 unspecified atom stereocenters. The van der Waals surface area contributed by atoms with Gasteiger partial charge in [-0.2, -0.15) is 0 Å². The van der Waals surface area contributed by atoms with E-state index in [4.69, 9.17) is 0 Å². The number of hydrogen-bond donors (Lipinski definition) is 1. The summed E-state index contributed by atoms with van der Waals surface area (Å²) in [6.45, 7) is 6.20. The first kappa shape index (κ1) is 26.0. The first-order valence-electron chi connectivity index (χ1n) is 12.7. The van der Waals surface area contributed by atoms with E-state index in [1.54, 1.807) is 12.1 Å². The number of aryl methyl sites for hydroxylation is 4. The van der Waals surface area contributed by atoms with Gasteiger partial charge in [0.25, 0.3) is 5.91 Å². The maximum atomic E-state index is 13.0. The van der Waals surface area contributed by atoms with E-state index in [0.717, 1.165) is 41.5 Å². The Morgan fingerprint density at radius 1 is 0.917 bits per heavy atom. The summed E-state index contributed by atoms with van der Waals surface area (Å²) < 4.78 is 26.6. The van der Waals surface area contributed by atoms with Crippen LogP contribution in [0.2, 0.25) is 0 Å². The first-order chi connectivity index (χ1) is 17.1. The molecule has 5 nitrogen and oxygen atoms in total. The number of rotatable bonds is 8. The van der Waals surface area contributed by atoms with Crippen LogP contribution in [0, 0.1) is 13.8 Å². The van der Waals surface area contributed by atoms with Crippen molar-refractivity contribution in [3.8, 4) is 0 Å². The lowest BCUT2D eigenvalue weighted by Crippen LogP contribution is -2.30. The summed E-state index contributed by atoms with van der Waals surface area (Å²) in [5.74, 6) is -0.125. The van der Waals surface area contributed by atoms with Gasteiger partial charge in [0, 0.05) is 5.56 Å². The van der Waals surface area contributed by atoms with Gasteiger partial charge in [0.15, 0.2) is 0 Å². The zero-order chi connectivity index (χ0) is 25.9. The van der Waals surface area contributed by atoms with E-state index in [0.29, 0.717) is 11.3 Å². The first-order valence-corrected chi connectivity index (χ1v) is 14.6. The highest BCUT2D eigenvalue weighted by atomic mass is 32.2. The molecule has 1 aliphatic rings. The van der Waals surface area contributed by atoms with Crippen LogP contribution >= 0.6 is 0 Å². The Bertz CT molecular complexity index is 1330. The topological polar surface area (TPSA) is 66.5 Å². The van der Waals surface area contributed by atoms with Gasteiger partial charge in [0.05, 0.1) is 24.5 Å². The maximum absolute atomic E-state index is 13.0. The van der Waals surface area contributed by atoms with Crippen LogP contribution in [0.25, 0.3) is 0 Å². The minimum absolute atomic E-state index is 0.0466. The molecule has 0 saturated heterocycles. The van der Waals surface area contributed by atoms with Gasteiger partial charge >= 0.3 is 0 Å². The second-order valence-corrected chi connectivity index (χ2v) is 11.9. The van der Waals surface area contributed by atoms with E-state index in [1.807, 2.05) is 44.2 Å². The Hall–Kier alpha value is -3.12. The van der Waals surface area contributed by atoms with Crippen LogP contribution < -0.4 is 9.62 Å². The molecule has 0 aliphatic heterocycles. The van der Waals surface area contributed by atoms with E-state index in [-0.39, 0.29) is 18.5 Å². The Morgan fingerprint density at radius 2 is 1.56 bits per heavy atom. The van der Waals surface area contributed by atoms with E-state index in [9.17, 15) is 13.2 Å². The zero-order valence-electron chi connectivity index (χ0n) is 21.7. The second kappa shape index (κ2) is 10.9. The zero-order valence-corrected chi connectivity index (χ0v) is 22.5. The quantitative estimate of drug-likeness (QED) is 0.407. The lowest BCUT2D eigenvalue weighted by atomic mass is 9.88. The van der Waals surface area contributed by atoms with Crippen LogP contribution in [0.15, 0.2) is 60.7 Å². The van der Waals surface area contributed by atoms with E-state index < -0.39 is 10.0 Å².